The highest BCUT2D eigenvalue weighted by Gasteiger charge is 2.18. The molecule has 1 atom stereocenters. The maximum absolute atomic E-state index is 11.2. The van der Waals surface area contributed by atoms with Crippen LogP contribution in [0.25, 0.3) is 0 Å². The number of ether oxygens (including phenoxy) is 1. The number of anilines is 1. The summed E-state index contributed by atoms with van der Waals surface area (Å²) in [7, 11) is 2.70. The van der Waals surface area contributed by atoms with E-state index >= 15 is 0 Å². The molecule has 1 heterocycles. The van der Waals surface area contributed by atoms with Crippen molar-refractivity contribution in [1.82, 2.24) is 15.5 Å². The Morgan fingerprint density at radius 1 is 1.44 bits per heavy atom. The molecule has 0 bridgehead atoms. The Balaban J connectivity index is 2.73. The van der Waals surface area contributed by atoms with Gasteiger partial charge in [0.25, 0.3) is 5.91 Å². The molecule has 0 aliphatic carbocycles. The van der Waals surface area contributed by atoms with E-state index in [1.807, 2.05) is 0 Å². The van der Waals surface area contributed by atoms with Crippen LogP contribution >= 0.6 is 0 Å². The number of methoxy groups -OCH3 is 1. The number of carbonyl (C=O) groups excluding carboxylic acids is 2. The van der Waals surface area contributed by atoms with E-state index in [0.717, 1.165) is 0 Å². The fourth-order valence-corrected chi connectivity index (χ4v) is 1.16. The van der Waals surface area contributed by atoms with Gasteiger partial charge in [0.05, 0.1) is 13.7 Å². The zero-order valence-electron chi connectivity index (χ0n) is 10.0. The van der Waals surface area contributed by atoms with Gasteiger partial charge in [-0.05, 0) is 12.1 Å². The van der Waals surface area contributed by atoms with Crippen molar-refractivity contribution in [3.63, 3.8) is 0 Å². The maximum atomic E-state index is 11.2. The van der Waals surface area contributed by atoms with Crippen molar-refractivity contribution in [3.8, 4) is 0 Å². The van der Waals surface area contributed by atoms with Crippen molar-refractivity contribution < 1.29 is 19.4 Å². The smallest absolute Gasteiger partial charge is 0.330 e. The first kappa shape index (κ1) is 13.8. The number of amides is 1. The zero-order valence-corrected chi connectivity index (χ0v) is 10.0. The van der Waals surface area contributed by atoms with Crippen molar-refractivity contribution in [2.45, 2.75) is 6.04 Å². The standard InChI is InChI=1S/C10H14N4O4/c1-11-9(16)6-3-4-8(14-13-6)12-7(5-15)10(17)18-2/h3-4,7,15H,5H2,1-2H3,(H,11,16)(H,12,14). The molecule has 0 aromatic carbocycles. The molecule has 98 valence electrons. The SMILES string of the molecule is CNC(=O)c1ccc(NC(CO)C(=O)OC)nn1. The molecular weight excluding hydrogens is 240 g/mol. The highest BCUT2D eigenvalue weighted by Crippen LogP contribution is 2.04. The topological polar surface area (TPSA) is 113 Å². The summed E-state index contributed by atoms with van der Waals surface area (Å²) < 4.78 is 4.48. The summed E-state index contributed by atoms with van der Waals surface area (Å²) in [5, 5.41) is 21.4. The summed E-state index contributed by atoms with van der Waals surface area (Å²) in [6.07, 6.45) is 0. The van der Waals surface area contributed by atoms with Crippen LogP contribution in [-0.2, 0) is 9.53 Å². The van der Waals surface area contributed by atoms with Crippen LogP contribution in [0.15, 0.2) is 12.1 Å². The van der Waals surface area contributed by atoms with Gasteiger partial charge in [-0.2, -0.15) is 0 Å². The number of aliphatic hydroxyl groups excluding tert-OH is 1. The third kappa shape index (κ3) is 3.39. The molecule has 0 saturated carbocycles. The summed E-state index contributed by atoms with van der Waals surface area (Å²) in [4.78, 5) is 22.4. The molecule has 8 nitrogen and oxygen atoms in total. The van der Waals surface area contributed by atoms with Crippen molar-refractivity contribution in [2.24, 2.45) is 0 Å². The number of aromatic nitrogens is 2. The maximum Gasteiger partial charge on any atom is 0.330 e. The lowest BCUT2D eigenvalue weighted by Gasteiger charge is -2.13. The molecule has 3 N–H and O–H groups in total. The molecule has 1 amide bonds. The van der Waals surface area contributed by atoms with E-state index in [-0.39, 0.29) is 17.4 Å². The Hall–Kier alpha value is -2.22. The van der Waals surface area contributed by atoms with E-state index in [2.05, 4.69) is 25.6 Å². The predicted octanol–water partition coefficient (Wildman–Crippen LogP) is -1.22. The van der Waals surface area contributed by atoms with Crippen molar-refractivity contribution in [3.05, 3.63) is 17.8 Å². The Morgan fingerprint density at radius 3 is 2.61 bits per heavy atom. The molecule has 1 unspecified atom stereocenters. The molecule has 18 heavy (non-hydrogen) atoms. The van der Waals surface area contributed by atoms with Gasteiger partial charge < -0.3 is 20.5 Å². The molecule has 0 spiro atoms. The lowest BCUT2D eigenvalue weighted by molar-refractivity contribution is -0.142. The monoisotopic (exact) mass is 254 g/mol. The molecule has 8 heteroatoms. The summed E-state index contributed by atoms with van der Waals surface area (Å²) in [6.45, 7) is -0.439. The lowest BCUT2D eigenvalue weighted by Crippen LogP contribution is -2.34. The second-order valence-corrected chi connectivity index (χ2v) is 3.29. The van der Waals surface area contributed by atoms with E-state index in [9.17, 15) is 9.59 Å². The minimum absolute atomic E-state index is 0.154. The van der Waals surface area contributed by atoms with Crippen LogP contribution in [0.3, 0.4) is 0 Å². The average molecular weight is 254 g/mol. The molecule has 1 rings (SSSR count). The largest absolute Gasteiger partial charge is 0.467 e. The molecule has 1 aromatic heterocycles. The summed E-state index contributed by atoms with van der Waals surface area (Å²) >= 11 is 0. The number of aliphatic hydroxyl groups is 1. The molecule has 1 aromatic rings. The van der Waals surface area contributed by atoms with Gasteiger partial charge in [0.1, 0.15) is 11.9 Å². The molecule has 0 aliphatic rings. The van der Waals surface area contributed by atoms with Gasteiger partial charge >= 0.3 is 5.97 Å². The third-order valence-corrected chi connectivity index (χ3v) is 2.11. The normalized spacial score (nSPS) is 11.5. The molecular formula is C10H14N4O4. The first-order chi connectivity index (χ1) is 8.62. The van der Waals surface area contributed by atoms with Crippen molar-refractivity contribution in [2.75, 3.05) is 26.1 Å². The van der Waals surface area contributed by atoms with Crippen LogP contribution in [-0.4, -0.2) is 54.0 Å². The number of carbonyl (C=O) groups is 2. The Labute approximate surface area is 103 Å². The summed E-state index contributed by atoms with van der Waals surface area (Å²) in [5.41, 5.74) is 0.154. The number of nitrogens with zero attached hydrogens (tertiary/aromatic N) is 2. The fourth-order valence-electron chi connectivity index (χ4n) is 1.16. The highest BCUT2D eigenvalue weighted by molar-refractivity contribution is 5.91. The quantitative estimate of drug-likeness (QED) is 0.564. The van der Waals surface area contributed by atoms with Crippen LogP contribution in [0.5, 0.6) is 0 Å². The van der Waals surface area contributed by atoms with Gasteiger partial charge in [-0.3, -0.25) is 4.79 Å². The summed E-state index contributed by atoms with van der Waals surface area (Å²) in [6, 6.07) is 2.00. The van der Waals surface area contributed by atoms with Gasteiger partial charge in [0, 0.05) is 7.05 Å². The second-order valence-electron chi connectivity index (χ2n) is 3.29. The molecule has 0 aliphatic heterocycles. The van der Waals surface area contributed by atoms with Crippen LogP contribution < -0.4 is 10.6 Å². The van der Waals surface area contributed by atoms with E-state index in [4.69, 9.17) is 5.11 Å². The first-order valence-electron chi connectivity index (χ1n) is 5.13. The van der Waals surface area contributed by atoms with E-state index < -0.39 is 18.6 Å². The van der Waals surface area contributed by atoms with Crippen molar-refractivity contribution in [1.29, 1.82) is 0 Å². The van der Waals surface area contributed by atoms with Crippen molar-refractivity contribution >= 4 is 17.7 Å². The summed E-state index contributed by atoms with van der Waals surface area (Å²) in [5.74, 6) is -0.720. The third-order valence-electron chi connectivity index (χ3n) is 2.11. The number of esters is 1. The number of hydrogen-bond donors (Lipinski definition) is 3. The lowest BCUT2D eigenvalue weighted by atomic mass is 10.3. The van der Waals surface area contributed by atoms with Gasteiger partial charge in [0.15, 0.2) is 5.69 Å². The van der Waals surface area contributed by atoms with E-state index in [1.54, 1.807) is 0 Å². The highest BCUT2D eigenvalue weighted by atomic mass is 16.5. The molecule has 0 saturated heterocycles. The van der Waals surface area contributed by atoms with Gasteiger partial charge in [-0.1, -0.05) is 0 Å². The Morgan fingerprint density at radius 2 is 2.17 bits per heavy atom. The van der Waals surface area contributed by atoms with Gasteiger partial charge in [0.2, 0.25) is 0 Å². The van der Waals surface area contributed by atoms with Crippen LogP contribution in [0.4, 0.5) is 5.82 Å². The minimum atomic E-state index is -0.921. The van der Waals surface area contributed by atoms with Crippen LogP contribution in [0.2, 0.25) is 0 Å². The minimum Gasteiger partial charge on any atom is -0.467 e. The van der Waals surface area contributed by atoms with Gasteiger partial charge in [-0.15, -0.1) is 10.2 Å². The fraction of sp³-hybridized carbons (Fsp3) is 0.400. The first-order valence-corrected chi connectivity index (χ1v) is 5.13. The van der Waals surface area contributed by atoms with Crippen LogP contribution in [0, 0.1) is 0 Å². The Kier molecular flexibility index (Phi) is 5.00. The number of hydrogen-bond acceptors (Lipinski definition) is 7. The predicted molar refractivity (Wildman–Crippen MR) is 61.9 cm³/mol. The Bertz CT molecular complexity index is 420. The second kappa shape index (κ2) is 6.50. The van der Waals surface area contributed by atoms with Crippen LogP contribution in [0.1, 0.15) is 10.5 Å². The average Bonchev–Trinajstić information content (AvgIpc) is 2.43. The molecule has 0 radical (unpaired) electrons. The van der Waals surface area contributed by atoms with E-state index in [1.165, 1.54) is 26.3 Å². The van der Waals surface area contributed by atoms with E-state index in [0.29, 0.717) is 0 Å². The number of nitrogens with one attached hydrogen (secondary N) is 2. The molecule has 0 fully saturated rings. The van der Waals surface area contributed by atoms with Gasteiger partial charge in [-0.25, -0.2) is 4.79 Å². The number of rotatable bonds is 5. The zero-order chi connectivity index (χ0) is 13.5.